The molecule has 0 aliphatic heterocycles. The largest absolute Gasteiger partial charge is 0.496 e. The summed E-state index contributed by atoms with van der Waals surface area (Å²) < 4.78 is 5.24. The zero-order chi connectivity index (χ0) is 15.4. The highest BCUT2D eigenvalue weighted by molar-refractivity contribution is 6.08. The van der Waals surface area contributed by atoms with E-state index in [1.54, 1.807) is 37.3 Å². The maximum absolute atomic E-state index is 12.6. The maximum atomic E-state index is 12.6. The molecule has 0 aromatic heterocycles. The smallest absolute Gasteiger partial charge is 0.261 e. The number of hydrogen-bond donors (Lipinski definition) is 1. The Morgan fingerprint density at radius 2 is 1.86 bits per heavy atom. The number of carbonyl (C=O) groups is 1. The van der Waals surface area contributed by atoms with Crippen LogP contribution in [-0.2, 0) is 6.42 Å². The van der Waals surface area contributed by atoms with E-state index in [2.05, 4.69) is 6.92 Å². The third-order valence-corrected chi connectivity index (χ3v) is 3.49. The summed E-state index contributed by atoms with van der Waals surface area (Å²) in [5.74, 6) is 0.370. The molecule has 0 saturated heterocycles. The van der Waals surface area contributed by atoms with Crippen LogP contribution in [0.15, 0.2) is 42.5 Å². The minimum absolute atomic E-state index is 0.150. The quantitative estimate of drug-likeness (QED) is 0.878. The van der Waals surface area contributed by atoms with Crippen LogP contribution in [-0.4, -0.2) is 20.1 Å². The Bertz CT molecular complexity index is 636. The number of benzene rings is 2. The number of carbonyl (C=O) groups excluding carboxylic acids is 1. The standard InChI is InChI=1S/C17H20N2O2/c1-4-12-5-8-14(9-6-12)19(2)17(20)15-11-13(18)7-10-16(15)21-3/h5-11H,4,18H2,1-3H3. The number of rotatable bonds is 4. The number of aryl methyl sites for hydroxylation is 1. The van der Waals surface area contributed by atoms with Crippen molar-refractivity contribution in [3.8, 4) is 5.75 Å². The van der Waals surface area contributed by atoms with E-state index in [9.17, 15) is 4.79 Å². The van der Waals surface area contributed by atoms with Gasteiger partial charge in [0, 0.05) is 18.4 Å². The molecule has 110 valence electrons. The Hall–Kier alpha value is -2.49. The van der Waals surface area contributed by atoms with Crippen molar-refractivity contribution in [2.24, 2.45) is 0 Å². The number of nitrogen functional groups attached to an aromatic ring is 1. The highest BCUT2D eigenvalue weighted by Crippen LogP contribution is 2.24. The zero-order valence-corrected chi connectivity index (χ0v) is 12.6. The van der Waals surface area contributed by atoms with Crippen LogP contribution in [0.3, 0.4) is 0 Å². The summed E-state index contributed by atoms with van der Waals surface area (Å²) in [6.07, 6.45) is 0.973. The Labute approximate surface area is 125 Å². The summed E-state index contributed by atoms with van der Waals surface area (Å²) in [6, 6.07) is 13.0. The first-order chi connectivity index (χ1) is 10.1. The lowest BCUT2D eigenvalue weighted by Gasteiger charge is -2.19. The molecular formula is C17H20N2O2. The van der Waals surface area contributed by atoms with Crippen molar-refractivity contribution in [2.75, 3.05) is 24.8 Å². The molecule has 0 bridgehead atoms. The van der Waals surface area contributed by atoms with E-state index < -0.39 is 0 Å². The highest BCUT2D eigenvalue weighted by atomic mass is 16.5. The number of nitrogens with zero attached hydrogens (tertiary/aromatic N) is 1. The van der Waals surface area contributed by atoms with Gasteiger partial charge in [-0.1, -0.05) is 19.1 Å². The predicted molar refractivity (Wildman–Crippen MR) is 86.0 cm³/mol. The van der Waals surface area contributed by atoms with Gasteiger partial charge in [0.1, 0.15) is 5.75 Å². The van der Waals surface area contributed by atoms with Crippen molar-refractivity contribution in [2.45, 2.75) is 13.3 Å². The first-order valence-electron chi connectivity index (χ1n) is 6.87. The lowest BCUT2D eigenvalue weighted by molar-refractivity contribution is 0.0990. The van der Waals surface area contributed by atoms with Crippen LogP contribution in [0.25, 0.3) is 0 Å². The third-order valence-electron chi connectivity index (χ3n) is 3.49. The van der Waals surface area contributed by atoms with Gasteiger partial charge in [-0.25, -0.2) is 0 Å². The molecule has 0 heterocycles. The van der Waals surface area contributed by atoms with Crippen molar-refractivity contribution in [1.29, 1.82) is 0 Å². The van der Waals surface area contributed by atoms with Gasteiger partial charge in [-0.3, -0.25) is 4.79 Å². The van der Waals surface area contributed by atoms with Crippen molar-refractivity contribution in [3.05, 3.63) is 53.6 Å². The topological polar surface area (TPSA) is 55.6 Å². The normalized spacial score (nSPS) is 10.2. The molecule has 0 atom stereocenters. The van der Waals surface area contributed by atoms with Crippen LogP contribution in [0.2, 0.25) is 0 Å². The molecule has 0 radical (unpaired) electrons. The van der Waals surface area contributed by atoms with E-state index in [-0.39, 0.29) is 5.91 Å². The number of nitrogens with two attached hydrogens (primary N) is 1. The summed E-state index contributed by atoms with van der Waals surface area (Å²) >= 11 is 0. The van der Waals surface area contributed by atoms with E-state index in [0.717, 1.165) is 12.1 Å². The highest BCUT2D eigenvalue weighted by Gasteiger charge is 2.18. The number of anilines is 2. The lowest BCUT2D eigenvalue weighted by Crippen LogP contribution is -2.26. The van der Waals surface area contributed by atoms with E-state index in [0.29, 0.717) is 17.0 Å². The SMILES string of the molecule is CCc1ccc(N(C)C(=O)c2cc(N)ccc2OC)cc1. The molecule has 0 fully saturated rings. The number of ether oxygens (including phenoxy) is 1. The van der Waals surface area contributed by atoms with Gasteiger partial charge in [-0.05, 0) is 42.3 Å². The zero-order valence-electron chi connectivity index (χ0n) is 12.6. The second-order valence-electron chi connectivity index (χ2n) is 4.84. The second kappa shape index (κ2) is 6.31. The van der Waals surface area contributed by atoms with Crippen molar-refractivity contribution in [3.63, 3.8) is 0 Å². The average Bonchev–Trinajstić information content (AvgIpc) is 2.53. The Kier molecular flexibility index (Phi) is 4.48. The number of methoxy groups -OCH3 is 1. The molecule has 0 saturated carbocycles. The van der Waals surface area contributed by atoms with Gasteiger partial charge in [0.05, 0.1) is 12.7 Å². The van der Waals surface area contributed by atoms with Crippen molar-refractivity contribution in [1.82, 2.24) is 0 Å². The molecule has 0 unspecified atom stereocenters. The van der Waals surface area contributed by atoms with Gasteiger partial charge >= 0.3 is 0 Å². The van der Waals surface area contributed by atoms with E-state index in [1.807, 2.05) is 24.3 Å². The van der Waals surface area contributed by atoms with E-state index in [1.165, 1.54) is 5.56 Å². The van der Waals surface area contributed by atoms with Gasteiger partial charge in [0.15, 0.2) is 0 Å². The minimum atomic E-state index is -0.150. The molecule has 2 aromatic carbocycles. The Morgan fingerprint density at radius 1 is 1.19 bits per heavy atom. The van der Waals surface area contributed by atoms with E-state index in [4.69, 9.17) is 10.5 Å². The fourth-order valence-electron chi connectivity index (χ4n) is 2.15. The summed E-state index contributed by atoms with van der Waals surface area (Å²) in [7, 11) is 3.28. The van der Waals surface area contributed by atoms with Crippen LogP contribution in [0.1, 0.15) is 22.8 Å². The minimum Gasteiger partial charge on any atom is -0.496 e. The monoisotopic (exact) mass is 284 g/mol. The van der Waals surface area contributed by atoms with Crippen molar-refractivity contribution < 1.29 is 9.53 Å². The molecule has 2 N–H and O–H groups in total. The average molecular weight is 284 g/mol. The summed E-state index contributed by atoms with van der Waals surface area (Å²) in [5.41, 5.74) is 8.84. The van der Waals surface area contributed by atoms with Crippen LogP contribution >= 0.6 is 0 Å². The molecule has 0 aliphatic carbocycles. The first kappa shape index (κ1) is 14.9. The van der Waals surface area contributed by atoms with Gasteiger partial charge in [-0.2, -0.15) is 0 Å². The predicted octanol–water partition coefficient (Wildman–Crippen LogP) is 3.12. The number of amides is 1. The van der Waals surface area contributed by atoms with Gasteiger partial charge in [0.2, 0.25) is 0 Å². The second-order valence-corrected chi connectivity index (χ2v) is 4.84. The Balaban J connectivity index is 2.32. The van der Waals surface area contributed by atoms with Crippen molar-refractivity contribution >= 4 is 17.3 Å². The van der Waals surface area contributed by atoms with Crippen LogP contribution in [0.5, 0.6) is 5.75 Å². The fourth-order valence-corrected chi connectivity index (χ4v) is 2.15. The van der Waals surface area contributed by atoms with Gasteiger partial charge in [-0.15, -0.1) is 0 Å². The summed E-state index contributed by atoms with van der Waals surface area (Å²) in [5, 5.41) is 0. The molecule has 2 aromatic rings. The molecule has 1 amide bonds. The lowest BCUT2D eigenvalue weighted by atomic mass is 10.1. The third kappa shape index (κ3) is 3.16. The summed E-state index contributed by atoms with van der Waals surface area (Å²) in [6.45, 7) is 2.10. The maximum Gasteiger partial charge on any atom is 0.261 e. The molecule has 0 spiro atoms. The molecule has 4 nitrogen and oxygen atoms in total. The first-order valence-corrected chi connectivity index (χ1v) is 6.87. The number of hydrogen-bond acceptors (Lipinski definition) is 3. The molecule has 4 heteroatoms. The fraction of sp³-hybridized carbons (Fsp3) is 0.235. The van der Waals surface area contributed by atoms with Gasteiger partial charge < -0.3 is 15.4 Å². The molecular weight excluding hydrogens is 264 g/mol. The van der Waals surface area contributed by atoms with Crippen LogP contribution < -0.4 is 15.4 Å². The van der Waals surface area contributed by atoms with E-state index >= 15 is 0 Å². The summed E-state index contributed by atoms with van der Waals surface area (Å²) in [4.78, 5) is 14.2. The molecule has 21 heavy (non-hydrogen) atoms. The Morgan fingerprint density at radius 3 is 2.43 bits per heavy atom. The molecule has 2 rings (SSSR count). The van der Waals surface area contributed by atoms with Crippen LogP contribution in [0.4, 0.5) is 11.4 Å². The molecule has 0 aliphatic rings. The van der Waals surface area contributed by atoms with Gasteiger partial charge in [0.25, 0.3) is 5.91 Å². The van der Waals surface area contributed by atoms with Crippen LogP contribution in [0, 0.1) is 0 Å².